The highest BCUT2D eigenvalue weighted by atomic mass is 19.4. The second-order valence-corrected chi connectivity index (χ2v) is 13.0. The first-order valence-corrected chi connectivity index (χ1v) is 12.8. The van der Waals surface area contributed by atoms with Gasteiger partial charge in [-0.3, -0.25) is 0 Å². The Morgan fingerprint density at radius 2 is 1.84 bits per heavy atom. The predicted molar refractivity (Wildman–Crippen MR) is 121 cm³/mol. The van der Waals surface area contributed by atoms with Crippen molar-refractivity contribution < 1.29 is 23.4 Å². The van der Waals surface area contributed by atoms with E-state index in [1.165, 1.54) is 19.3 Å². The van der Waals surface area contributed by atoms with Gasteiger partial charge in [0.25, 0.3) is 0 Å². The number of hydrogen-bond acceptors (Lipinski definition) is 2. The summed E-state index contributed by atoms with van der Waals surface area (Å²) in [5.74, 6) is 1.84. The van der Waals surface area contributed by atoms with Crippen LogP contribution in [0.25, 0.3) is 0 Å². The average Bonchev–Trinajstić information content (AvgIpc) is 3.07. The van der Waals surface area contributed by atoms with Crippen LogP contribution in [0.5, 0.6) is 0 Å². The Morgan fingerprint density at radius 1 is 1.16 bits per heavy atom. The van der Waals surface area contributed by atoms with Gasteiger partial charge in [0.15, 0.2) is 5.60 Å². The molecule has 5 heteroatoms. The summed E-state index contributed by atoms with van der Waals surface area (Å²) >= 11 is 0. The highest BCUT2D eigenvalue weighted by molar-refractivity contribution is 5.30. The lowest BCUT2D eigenvalue weighted by Crippen LogP contribution is -2.54. The molecule has 2 nitrogen and oxygen atoms in total. The lowest BCUT2D eigenvalue weighted by Gasteiger charge is -2.61. The Labute approximate surface area is 192 Å². The van der Waals surface area contributed by atoms with Crippen molar-refractivity contribution in [3.05, 3.63) is 11.6 Å². The van der Waals surface area contributed by atoms with Gasteiger partial charge >= 0.3 is 6.18 Å². The Bertz CT molecular complexity index is 754. The quantitative estimate of drug-likeness (QED) is 0.445. The van der Waals surface area contributed by atoms with E-state index >= 15 is 0 Å². The van der Waals surface area contributed by atoms with Crippen LogP contribution in [0, 0.1) is 40.4 Å². The first kappa shape index (κ1) is 24.6. The summed E-state index contributed by atoms with van der Waals surface area (Å²) in [5.41, 5.74) is -1.31. The van der Waals surface area contributed by atoms with Gasteiger partial charge in [0.05, 0.1) is 5.60 Å². The van der Waals surface area contributed by atoms with E-state index in [4.69, 9.17) is 0 Å². The molecule has 184 valence electrons. The van der Waals surface area contributed by atoms with Crippen LogP contribution in [-0.2, 0) is 0 Å². The van der Waals surface area contributed by atoms with E-state index in [1.807, 2.05) is 6.92 Å². The lowest BCUT2D eigenvalue weighted by molar-refractivity contribution is -0.256. The standard InChI is InChI=1S/C27H43F3O2/c1-17(8-12-26(5,32)27(28,29)30)19-15-18-16-24(3,31)13-14-25(18,4)21-9-11-23(2)10-6-7-20(23)22(19)21/h9,17-20,22,31-32H,6-8,10-16H2,1-5H3/t17-,18+,19?,20+,22+,23-,24+,25+,26+/m1/s1. The molecule has 9 atom stereocenters. The van der Waals surface area contributed by atoms with Gasteiger partial charge in [-0.2, -0.15) is 13.2 Å². The van der Waals surface area contributed by atoms with E-state index in [0.717, 1.165) is 39.0 Å². The minimum atomic E-state index is -4.60. The molecule has 0 aromatic rings. The van der Waals surface area contributed by atoms with E-state index in [2.05, 4.69) is 26.8 Å². The van der Waals surface area contributed by atoms with Crippen molar-refractivity contribution in [2.75, 3.05) is 0 Å². The fourth-order valence-electron chi connectivity index (χ4n) is 8.21. The van der Waals surface area contributed by atoms with Crippen molar-refractivity contribution >= 4 is 0 Å². The molecule has 0 aromatic heterocycles. The molecule has 4 aliphatic carbocycles. The van der Waals surface area contributed by atoms with Crippen LogP contribution in [0.4, 0.5) is 13.2 Å². The van der Waals surface area contributed by atoms with Gasteiger partial charge in [-0.05, 0) is 112 Å². The van der Waals surface area contributed by atoms with Crippen molar-refractivity contribution in [1.29, 1.82) is 0 Å². The normalized spacial score (nSPS) is 47.0. The molecule has 3 fully saturated rings. The summed E-state index contributed by atoms with van der Waals surface area (Å²) in [6.45, 7) is 9.79. The molecular formula is C27H43F3O2. The zero-order valence-corrected chi connectivity index (χ0v) is 20.6. The van der Waals surface area contributed by atoms with Crippen molar-refractivity contribution in [2.45, 2.75) is 116 Å². The van der Waals surface area contributed by atoms with Gasteiger partial charge in [0.2, 0.25) is 0 Å². The number of hydrogen-bond donors (Lipinski definition) is 2. The fourth-order valence-corrected chi connectivity index (χ4v) is 8.21. The summed E-state index contributed by atoms with van der Waals surface area (Å²) in [6, 6.07) is 0. The van der Waals surface area contributed by atoms with Crippen LogP contribution in [0.15, 0.2) is 11.6 Å². The molecule has 0 bridgehead atoms. The molecule has 3 saturated carbocycles. The first-order chi connectivity index (χ1) is 14.6. The van der Waals surface area contributed by atoms with Gasteiger partial charge in [0.1, 0.15) is 0 Å². The minimum Gasteiger partial charge on any atom is -0.390 e. The molecular weight excluding hydrogens is 413 g/mol. The smallest absolute Gasteiger partial charge is 0.390 e. The molecule has 1 unspecified atom stereocenters. The minimum absolute atomic E-state index is 0.102. The molecule has 4 aliphatic rings. The molecule has 0 spiro atoms. The Morgan fingerprint density at radius 3 is 2.50 bits per heavy atom. The molecule has 0 saturated heterocycles. The van der Waals surface area contributed by atoms with Gasteiger partial charge in [0, 0.05) is 0 Å². The van der Waals surface area contributed by atoms with Crippen molar-refractivity contribution in [3.63, 3.8) is 0 Å². The van der Waals surface area contributed by atoms with Crippen LogP contribution in [-0.4, -0.2) is 27.6 Å². The number of aliphatic hydroxyl groups is 2. The van der Waals surface area contributed by atoms with Gasteiger partial charge < -0.3 is 10.2 Å². The molecule has 0 aromatic carbocycles. The Balaban J connectivity index is 1.65. The van der Waals surface area contributed by atoms with E-state index in [-0.39, 0.29) is 17.8 Å². The SMILES string of the molecule is C[C@H](CC[C@](C)(O)C(F)(F)F)C1C[C@H]2C[C@@](C)(O)CC[C@]2(C)C2=CC[C@@]3(C)CCC[C@H]3[C@@H]21. The molecule has 2 N–H and O–H groups in total. The van der Waals surface area contributed by atoms with Crippen LogP contribution in [0.1, 0.15) is 98.8 Å². The van der Waals surface area contributed by atoms with E-state index in [1.54, 1.807) is 5.57 Å². The first-order valence-electron chi connectivity index (χ1n) is 12.8. The number of fused-ring (bicyclic) bond motifs is 5. The summed E-state index contributed by atoms with van der Waals surface area (Å²) in [5, 5.41) is 20.9. The Hall–Kier alpha value is -0.550. The number of alkyl halides is 3. The largest absolute Gasteiger partial charge is 0.416 e. The lowest BCUT2D eigenvalue weighted by atomic mass is 9.44. The second kappa shape index (κ2) is 7.73. The van der Waals surface area contributed by atoms with Crippen LogP contribution >= 0.6 is 0 Å². The average molecular weight is 457 g/mol. The van der Waals surface area contributed by atoms with Crippen molar-refractivity contribution in [3.8, 4) is 0 Å². The highest BCUT2D eigenvalue weighted by Crippen LogP contribution is 2.67. The topological polar surface area (TPSA) is 40.5 Å². The molecule has 0 aliphatic heterocycles. The number of allylic oxidation sites excluding steroid dienone is 2. The zero-order chi connectivity index (χ0) is 23.7. The molecule has 0 heterocycles. The summed E-state index contributed by atoms with van der Waals surface area (Å²) in [4.78, 5) is 0. The zero-order valence-electron chi connectivity index (χ0n) is 20.6. The maximum absolute atomic E-state index is 13.3. The molecule has 32 heavy (non-hydrogen) atoms. The third-order valence-electron chi connectivity index (χ3n) is 10.6. The van der Waals surface area contributed by atoms with Gasteiger partial charge in [-0.15, -0.1) is 0 Å². The van der Waals surface area contributed by atoms with Crippen LogP contribution in [0.2, 0.25) is 0 Å². The Kier molecular flexibility index (Phi) is 5.94. The predicted octanol–water partition coefficient (Wildman–Crippen LogP) is 7.05. The maximum Gasteiger partial charge on any atom is 0.416 e. The van der Waals surface area contributed by atoms with Gasteiger partial charge in [-0.1, -0.05) is 38.8 Å². The van der Waals surface area contributed by atoms with Crippen molar-refractivity contribution in [2.24, 2.45) is 40.4 Å². The fraction of sp³-hybridized carbons (Fsp3) is 0.926. The van der Waals surface area contributed by atoms with Gasteiger partial charge in [-0.25, -0.2) is 0 Å². The van der Waals surface area contributed by atoms with Crippen LogP contribution < -0.4 is 0 Å². The van der Waals surface area contributed by atoms with Crippen molar-refractivity contribution in [1.82, 2.24) is 0 Å². The third kappa shape index (κ3) is 3.97. The van der Waals surface area contributed by atoms with Crippen LogP contribution in [0.3, 0.4) is 0 Å². The number of halogens is 3. The molecule has 0 amide bonds. The summed E-state index contributed by atoms with van der Waals surface area (Å²) in [6.07, 6.45) is 6.47. The highest BCUT2D eigenvalue weighted by Gasteiger charge is 2.59. The third-order valence-corrected chi connectivity index (χ3v) is 10.6. The maximum atomic E-state index is 13.3. The van der Waals surface area contributed by atoms with E-state index in [0.29, 0.717) is 35.5 Å². The number of rotatable bonds is 4. The summed E-state index contributed by atoms with van der Waals surface area (Å²) in [7, 11) is 0. The van der Waals surface area contributed by atoms with E-state index < -0.39 is 17.4 Å². The van der Waals surface area contributed by atoms with E-state index in [9.17, 15) is 23.4 Å². The summed E-state index contributed by atoms with van der Waals surface area (Å²) < 4.78 is 39.9. The monoisotopic (exact) mass is 456 g/mol. The molecule has 4 rings (SSSR count). The molecule has 0 radical (unpaired) electrons. The second-order valence-electron chi connectivity index (χ2n) is 13.0.